The molecule has 2 N–H and O–H groups in total. The number of carboxylic acid groups (broad SMARTS) is 2. The molecule has 0 unspecified atom stereocenters. The predicted molar refractivity (Wildman–Crippen MR) is 94.1 cm³/mol. The van der Waals surface area contributed by atoms with E-state index in [9.17, 15) is 19.5 Å². The van der Waals surface area contributed by atoms with Gasteiger partial charge in [0.25, 0.3) is 0 Å². The van der Waals surface area contributed by atoms with Gasteiger partial charge in [-0.2, -0.15) is 0 Å². The van der Waals surface area contributed by atoms with Gasteiger partial charge in [0.15, 0.2) is 0 Å². The third kappa shape index (κ3) is 11.0. The molecule has 0 aromatic rings. The Hall–Kier alpha value is -1.65. The molecule has 0 saturated carbocycles. The molecule has 0 bridgehead atoms. The summed E-state index contributed by atoms with van der Waals surface area (Å²) >= 11 is 0. The number of carbonyl (C=O) groups is 3. The van der Waals surface area contributed by atoms with E-state index in [4.69, 9.17) is 5.11 Å². The Morgan fingerprint density at radius 2 is 1.25 bits per heavy atom. The van der Waals surface area contributed by atoms with E-state index >= 15 is 0 Å². The zero-order valence-corrected chi connectivity index (χ0v) is 15.1. The van der Waals surface area contributed by atoms with Crippen molar-refractivity contribution in [2.75, 3.05) is 0 Å². The highest BCUT2D eigenvalue weighted by Crippen LogP contribution is 2.22. The van der Waals surface area contributed by atoms with Crippen molar-refractivity contribution in [1.82, 2.24) is 0 Å². The number of allylic oxidation sites excluding steroid dienone is 1. The average Bonchev–Trinajstić information content (AvgIpc) is 2.52. The minimum Gasteiger partial charge on any atom is -0.481 e. The second kappa shape index (κ2) is 13.8. The number of ketones is 1. The highest BCUT2D eigenvalue weighted by Gasteiger charge is 2.19. The van der Waals surface area contributed by atoms with Crippen molar-refractivity contribution in [3.8, 4) is 0 Å². The Morgan fingerprint density at radius 3 is 1.71 bits per heavy atom. The van der Waals surface area contributed by atoms with Crippen LogP contribution in [0.4, 0.5) is 0 Å². The third-order valence-corrected chi connectivity index (χ3v) is 4.06. The van der Waals surface area contributed by atoms with E-state index < -0.39 is 18.4 Å². The molecule has 5 nitrogen and oxygen atoms in total. The molecule has 0 radical (unpaired) electrons. The van der Waals surface area contributed by atoms with Crippen LogP contribution in [0.2, 0.25) is 0 Å². The number of Topliss-reactive ketones (excluding diaryl/α,β-unsaturated/α-hetero) is 1. The first-order valence-corrected chi connectivity index (χ1v) is 9.10. The minimum absolute atomic E-state index is 0.0146. The van der Waals surface area contributed by atoms with Gasteiger partial charge >= 0.3 is 11.9 Å². The molecule has 0 rings (SSSR count). The van der Waals surface area contributed by atoms with Crippen LogP contribution in [0.25, 0.3) is 0 Å². The molecule has 0 spiro atoms. The molecule has 0 saturated heterocycles. The molecule has 0 heterocycles. The van der Waals surface area contributed by atoms with E-state index in [1.807, 2.05) is 0 Å². The normalized spacial score (nSPS) is 11.9. The minimum atomic E-state index is -1.22. The zero-order chi connectivity index (χ0) is 18.4. The average molecular weight is 340 g/mol. The fourth-order valence-corrected chi connectivity index (χ4v) is 2.69. The quantitative estimate of drug-likeness (QED) is 0.332. The highest BCUT2D eigenvalue weighted by molar-refractivity contribution is 5.94. The molecule has 0 fully saturated rings. The van der Waals surface area contributed by atoms with E-state index in [2.05, 4.69) is 13.8 Å². The van der Waals surface area contributed by atoms with Crippen molar-refractivity contribution in [2.45, 2.75) is 90.9 Å². The summed E-state index contributed by atoms with van der Waals surface area (Å²) in [6, 6.07) is 0. The molecular formula is C19H32O5. The van der Waals surface area contributed by atoms with Crippen molar-refractivity contribution in [1.29, 1.82) is 0 Å². The SMILES string of the molecule is CCCCCCC(=O)CC(CCCCCC)=C(CC(=O)O)C(=O)O. The van der Waals surface area contributed by atoms with Crippen LogP contribution in [-0.2, 0) is 14.4 Å². The van der Waals surface area contributed by atoms with Gasteiger partial charge in [-0.05, 0) is 19.3 Å². The molecule has 138 valence electrons. The van der Waals surface area contributed by atoms with Crippen LogP contribution >= 0.6 is 0 Å². The lowest BCUT2D eigenvalue weighted by Crippen LogP contribution is -2.12. The summed E-state index contributed by atoms with van der Waals surface area (Å²) in [6.45, 7) is 4.19. The Balaban J connectivity index is 4.91. The summed E-state index contributed by atoms with van der Waals surface area (Å²) in [4.78, 5) is 34.5. The molecular weight excluding hydrogens is 308 g/mol. The summed E-state index contributed by atoms with van der Waals surface area (Å²) in [5.41, 5.74) is 0.391. The van der Waals surface area contributed by atoms with Crippen LogP contribution in [0.5, 0.6) is 0 Å². The van der Waals surface area contributed by atoms with E-state index in [1.165, 1.54) is 0 Å². The fourth-order valence-electron chi connectivity index (χ4n) is 2.69. The van der Waals surface area contributed by atoms with Gasteiger partial charge in [0.2, 0.25) is 0 Å². The van der Waals surface area contributed by atoms with Crippen LogP contribution in [0.1, 0.15) is 90.9 Å². The van der Waals surface area contributed by atoms with Crippen molar-refractivity contribution in [3.05, 3.63) is 11.1 Å². The number of unbranched alkanes of at least 4 members (excludes halogenated alkanes) is 6. The number of carboxylic acids is 2. The predicted octanol–water partition coefficient (Wildman–Crippen LogP) is 4.74. The summed E-state index contributed by atoms with van der Waals surface area (Å²) in [5, 5.41) is 18.3. The molecule has 0 aliphatic rings. The summed E-state index contributed by atoms with van der Waals surface area (Å²) < 4.78 is 0. The zero-order valence-electron chi connectivity index (χ0n) is 15.1. The maximum Gasteiger partial charge on any atom is 0.332 e. The molecule has 0 aliphatic carbocycles. The Bertz CT molecular complexity index is 437. The van der Waals surface area contributed by atoms with E-state index in [-0.39, 0.29) is 17.8 Å². The van der Waals surface area contributed by atoms with Crippen molar-refractivity contribution in [2.24, 2.45) is 0 Å². The maximum atomic E-state index is 12.1. The molecule has 0 aromatic heterocycles. The van der Waals surface area contributed by atoms with E-state index in [0.717, 1.165) is 51.4 Å². The first-order valence-electron chi connectivity index (χ1n) is 9.10. The smallest absolute Gasteiger partial charge is 0.332 e. The lowest BCUT2D eigenvalue weighted by Gasteiger charge is -2.11. The van der Waals surface area contributed by atoms with Crippen molar-refractivity contribution >= 4 is 17.7 Å². The van der Waals surface area contributed by atoms with Crippen LogP contribution in [-0.4, -0.2) is 27.9 Å². The van der Waals surface area contributed by atoms with Crippen molar-refractivity contribution in [3.63, 3.8) is 0 Å². The fraction of sp³-hybridized carbons (Fsp3) is 0.737. The maximum absolute atomic E-state index is 12.1. The number of carbonyl (C=O) groups excluding carboxylic acids is 1. The Morgan fingerprint density at radius 1 is 0.708 bits per heavy atom. The molecule has 5 heteroatoms. The number of rotatable bonds is 15. The number of hydrogen-bond acceptors (Lipinski definition) is 3. The first kappa shape index (κ1) is 22.4. The summed E-state index contributed by atoms with van der Waals surface area (Å²) in [6.07, 6.45) is 8.37. The molecule has 24 heavy (non-hydrogen) atoms. The van der Waals surface area contributed by atoms with Gasteiger partial charge in [-0.15, -0.1) is 0 Å². The van der Waals surface area contributed by atoms with Gasteiger partial charge in [-0.3, -0.25) is 9.59 Å². The lowest BCUT2D eigenvalue weighted by molar-refractivity contribution is -0.139. The second-order valence-corrected chi connectivity index (χ2v) is 6.29. The van der Waals surface area contributed by atoms with Gasteiger partial charge in [0, 0.05) is 18.4 Å². The highest BCUT2D eigenvalue weighted by atomic mass is 16.4. The van der Waals surface area contributed by atoms with Crippen LogP contribution in [0.3, 0.4) is 0 Å². The summed E-state index contributed by atoms with van der Waals surface area (Å²) in [5.74, 6) is -2.38. The van der Waals surface area contributed by atoms with Crippen LogP contribution < -0.4 is 0 Å². The lowest BCUT2D eigenvalue weighted by atomic mass is 9.93. The van der Waals surface area contributed by atoms with Gasteiger partial charge in [-0.1, -0.05) is 57.9 Å². The van der Waals surface area contributed by atoms with Crippen molar-refractivity contribution < 1.29 is 24.6 Å². The third-order valence-electron chi connectivity index (χ3n) is 4.06. The van der Waals surface area contributed by atoms with Gasteiger partial charge in [0.1, 0.15) is 5.78 Å². The first-order chi connectivity index (χ1) is 11.4. The standard InChI is InChI=1S/C19H32O5/c1-3-5-7-9-11-15(17(19(23)24)14-18(21)22)13-16(20)12-10-8-6-4-2/h3-14H2,1-2H3,(H,21,22)(H,23,24). The number of aliphatic carboxylic acids is 2. The molecule has 0 amide bonds. The van der Waals surface area contributed by atoms with E-state index in [0.29, 0.717) is 18.4 Å². The Labute approximate surface area is 145 Å². The Kier molecular flexibility index (Phi) is 12.8. The largest absolute Gasteiger partial charge is 0.481 e. The van der Waals surface area contributed by atoms with Gasteiger partial charge in [0.05, 0.1) is 6.42 Å². The van der Waals surface area contributed by atoms with Gasteiger partial charge in [-0.25, -0.2) is 4.79 Å². The molecule has 0 aliphatic heterocycles. The summed E-state index contributed by atoms with van der Waals surface area (Å²) in [7, 11) is 0. The van der Waals surface area contributed by atoms with Crippen LogP contribution in [0.15, 0.2) is 11.1 Å². The van der Waals surface area contributed by atoms with Gasteiger partial charge < -0.3 is 10.2 Å². The molecule has 0 aromatic carbocycles. The molecule has 0 atom stereocenters. The topological polar surface area (TPSA) is 91.7 Å². The van der Waals surface area contributed by atoms with E-state index in [1.54, 1.807) is 0 Å². The second-order valence-electron chi connectivity index (χ2n) is 6.29. The number of hydrogen-bond donors (Lipinski definition) is 2. The van der Waals surface area contributed by atoms with Crippen LogP contribution in [0, 0.1) is 0 Å². The monoisotopic (exact) mass is 340 g/mol.